The van der Waals surface area contributed by atoms with E-state index in [2.05, 4.69) is 4.72 Å². The van der Waals surface area contributed by atoms with E-state index >= 15 is 0 Å². The van der Waals surface area contributed by atoms with Crippen LogP contribution in [0.4, 0.5) is 11.4 Å². The quantitative estimate of drug-likeness (QED) is 0.763. The summed E-state index contributed by atoms with van der Waals surface area (Å²) in [5.74, 6) is 1.01. The second-order valence-electron chi connectivity index (χ2n) is 3.84. The Balaban J connectivity index is 2.99. The van der Waals surface area contributed by atoms with Crippen LogP contribution < -0.4 is 15.4 Å². The minimum atomic E-state index is -3.49. The van der Waals surface area contributed by atoms with Crippen LogP contribution in [0.25, 0.3) is 0 Å². The maximum absolute atomic E-state index is 11.7. The van der Waals surface area contributed by atoms with E-state index in [1.165, 1.54) is 13.1 Å². The summed E-state index contributed by atoms with van der Waals surface area (Å²) < 4.78 is 25.6. The molecule has 0 atom stereocenters. The molecule has 0 saturated heterocycles. The topological polar surface area (TPSA) is 75.4 Å². The van der Waals surface area contributed by atoms with Gasteiger partial charge in [0.2, 0.25) is 10.0 Å². The lowest BCUT2D eigenvalue weighted by Gasteiger charge is -2.20. The van der Waals surface area contributed by atoms with Crippen LogP contribution >= 0.6 is 11.8 Å². The first-order valence-corrected chi connectivity index (χ1v) is 8.33. The average molecular weight is 289 g/mol. The molecule has 0 aliphatic rings. The van der Waals surface area contributed by atoms with Crippen LogP contribution in [0.1, 0.15) is 0 Å². The van der Waals surface area contributed by atoms with Crippen molar-refractivity contribution in [3.05, 3.63) is 18.2 Å². The molecule has 0 spiro atoms. The van der Waals surface area contributed by atoms with Gasteiger partial charge in [0.25, 0.3) is 0 Å². The molecular weight excluding hydrogens is 270 g/mol. The van der Waals surface area contributed by atoms with E-state index in [0.29, 0.717) is 0 Å². The lowest BCUT2D eigenvalue weighted by Crippen LogP contribution is -2.22. The molecule has 5 nitrogen and oxygen atoms in total. The third-order valence-corrected chi connectivity index (χ3v) is 4.70. The molecule has 1 aromatic carbocycles. The maximum Gasteiger partial charge on any atom is 0.242 e. The Bertz CT molecular complexity index is 503. The Kier molecular flexibility index (Phi) is 5.30. The lowest BCUT2D eigenvalue weighted by molar-refractivity contribution is 0.588. The van der Waals surface area contributed by atoms with E-state index in [0.717, 1.165) is 18.0 Å². The predicted molar refractivity (Wildman–Crippen MR) is 78.8 cm³/mol. The number of thioether (sulfide) groups is 1. The van der Waals surface area contributed by atoms with Crippen molar-refractivity contribution >= 4 is 33.2 Å². The summed E-state index contributed by atoms with van der Waals surface area (Å²) in [6.45, 7) is 0.888. The Hall–Kier alpha value is -0.920. The first-order chi connectivity index (χ1) is 8.42. The number of nitrogen functional groups attached to an aromatic ring is 1. The molecule has 102 valence electrons. The lowest BCUT2D eigenvalue weighted by atomic mass is 10.2. The number of hydrogen-bond donors (Lipinski definition) is 2. The minimum absolute atomic E-state index is 0.118. The molecule has 3 N–H and O–H groups in total. The van der Waals surface area contributed by atoms with Gasteiger partial charge >= 0.3 is 0 Å². The molecule has 0 aliphatic carbocycles. The molecule has 0 heterocycles. The van der Waals surface area contributed by atoms with Crippen LogP contribution in [-0.4, -0.2) is 41.1 Å². The van der Waals surface area contributed by atoms with Crippen molar-refractivity contribution in [1.29, 1.82) is 0 Å². The number of rotatable bonds is 6. The highest BCUT2D eigenvalue weighted by atomic mass is 32.2. The summed E-state index contributed by atoms with van der Waals surface area (Å²) in [6.07, 6.45) is 2.05. The number of nitrogens with one attached hydrogen (secondary N) is 1. The van der Waals surface area contributed by atoms with Crippen LogP contribution in [0.2, 0.25) is 0 Å². The van der Waals surface area contributed by atoms with Gasteiger partial charge in [0.1, 0.15) is 4.90 Å². The van der Waals surface area contributed by atoms with Crippen LogP contribution in [0.5, 0.6) is 0 Å². The number of sulfonamides is 1. The molecule has 0 saturated carbocycles. The minimum Gasteiger partial charge on any atom is -0.398 e. The molecular formula is C11H19N3O2S2. The zero-order valence-electron chi connectivity index (χ0n) is 10.8. The van der Waals surface area contributed by atoms with Crippen LogP contribution in [0, 0.1) is 0 Å². The highest BCUT2D eigenvalue weighted by Gasteiger charge is 2.15. The molecule has 7 heteroatoms. The smallest absolute Gasteiger partial charge is 0.242 e. The molecule has 0 radical (unpaired) electrons. The van der Waals surface area contributed by atoms with E-state index in [4.69, 9.17) is 5.73 Å². The van der Waals surface area contributed by atoms with Gasteiger partial charge in [-0.2, -0.15) is 11.8 Å². The van der Waals surface area contributed by atoms with E-state index in [-0.39, 0.29) is 10.6 Å². The van der Waals surface area contributed by atoms with Crippen molar-refractivity contribution in [3.63, 3.8) is 0 Å². The van der Waals surface area contributed by atoms with Crippen molar-refractivity contribution in [2.45, 2.75) is 4.90 Å². The van der Waals surface area contributed by atoms with E-state index in [9.17, 15) is 8.42 Å². The van der Waals surface area contributed by atoms with Crippen molar-refractivity contribution in [1.82, 2.24) is 4.72 Å². The van der Waals surface area contributed by atoms with Crippen molar-refractivity contribution in [3.8, 4) is 0 Å². The Morgan fingerprint density at radius 2 is 2.11 bits per heavy atom. The van der Waals surface area contributed by atoms with E-state index < -0.39 is 10.0 Å². The zero-order valence-corrected chi connectivity index (χ0v) is 12.4. The van der Waals surface area contributed by atoms with Gasteiger partial charge in [0.05, 0.1) is 5.69 Å². The summed E-state index contributed by atoms with van der Waals surface area (Å²) in [5.41, 5.74) is 6.97. The number of nitrogens with zero attached hydrogens (tertiary/aromatic N) is 1. The molecule has 0 fully saturated rings. The largest absolute Gasteiger partial charge is 0.398 e. The number of benzene rings is 1. The molecule has 0 amide bonds. The molecule has 1 aromatic rings. The summed E-state index contributed by atoms with van der Waals surface area (Å²) >= 11 is 1.76. The molecule has 0 aromatic heterocycles. The molecule has 0 bridgehead atoms. The standard InChI is InChI=1S/C11H19N3O2S2/c1-13-18(15,16)11-5-4-9(8-10(11)12)14(2)6-7-17-3/h4-5,8,13H,6-7,12H2,1-3H3. The van der Waals surface area contributed by atoms with Crippen LogP contribution in [-0.2, 0) is 10.0 Å². The molecule has 1 rings (SSSR count). The van der Waals surface area contributed by atoms with Gasteiger partial charge in [-0.05, 0) is 31.5 Å². The van der Waals surface area contributed by atoms with Crippen molar-refractivity contribution < 1.29 is 8.42 Å². The highest BCUT2D eigenvalue weighted by Crippen LogP contribution is 2.24. The monoisotopic (exact) mass is 289 g/mol. The average Bonchev–Trinajstić information content (AvgIpc) is 2.35. The number of nitrogens with two attached hydrogens (primary N) is 1. The van der Waals surface area contributed by atoms with Crippen LogP contribution in [0.15, 0.2) is 23.1 Å². The summed E-state index contributed by atoms with van der Waals surface area (Å²) in [5, 5.41) is 0. The SMILES string of the molecule is CNS(=O)(=O)c1ccc(N(C)CCSC)cc1N. The first kappa shape index (κ1) is 15.1. The molecule has 18 heavy (non-hydrogen) atoms. The summed E-state index contributed by atoms with van der Waals surface area (Å²) in [4.78, 5) is 2.16. The van der Waals surface area contributed by atoms with Crippen molar-refractivity contribution in [2.75, 3.05) is 43.3 Å². The van der Waals surface area contributed by atoms with Gasteiger partial charge in [-0.1, -0.05) is 0 Å². The molecule has 0 unspecified atom stereocenters. The number of anilines is 2. The van der Waals surface area contributed by atoms with Gasteiger partial charge in [-0.15, -0.1) is 0 Å². The Morgan fingerprint density at radius 1 is 1.44 bits per heavy atom. The fourth-order valence-corrected chi connectivity index (χ4v) is 2.78. The van der Waals surface area contributed by atoms with E-state index in [1.54, 1.807) is 23.9 Å². The third-order valence-electron chi connectivity index (χ3n) is 2.62. The predicted octanol–water partition coefficient (Wildman–Crippen LogP) is 0.976. The zero-order chi connectivity index (χ0) is 13.8. The van der Waals surface area contributed by atoms with Gasteiger partial charge in [-0.3, -0.25) is 0 Å². The Labute approximate surface area is 113 Å². The fourth-order valence-electron chi connectivity index (χ4n) is 1.49. The Morgan fingerprint density at radius 3 is 2.61 bits per heavy atom. The highest BCUT2D eigenvalue weighted by molar-refractivity contribution is 7.98. The van der Waals surface area contributed by atoms with Gasteiger partial charge < -0.3 is 10.6 Å². The van der Waals surface area contributed by atoms with Gasteiger partial charge in [0, 0.05) is 25.0 Å². The summed E-state index contributed by atoms with van der Waals surface area (Å²) in [6, 6.07) is 4.98. The second-order valence-corrected chi connectivity index (χ2v) is 6.68. The van der Waals surface area contributed by atoms with Crippen molar-refractivity contribution in [2.24, 2.45) is 0 Å². The van der Waals surface area contributed by atoms with E-state index in [1.807, 2.05) is 18.2 Å². The fraction of sp³-hybridized carbons (Fsp3) is 0.455. The number of hydrogen-bond acceptors (Lipinski definition) is 5. The van der Waals surface area contributed by atoms with Gasteiger partial charge in [0.15, 0.2) is 0 Å². The normalized spacial score (nSPS) is 11.5. The summed E-state index contributed by atoms with van der Waals surface area (Å²) in [7, 11) is -0.162. The third kappa shape index (κ3) is 3.54. The van der Waals surface area contributed by atoms with Gasteiger partial charge in [-0.25, -0.2) is 13.1 Å². The second kappa shape index (κ2) is 6.31. The molecule has 0 aliphatic heterocycles. The van der Waals surface area contributed by atoms with Crippen LogP contribution in [0.3, 0.4) is 0 Å². The maximum atomic E-state index is 11.7. The first-order valence-electron chi connectivity index (χ1n) is 5.45.